The summed E-state index contributed by atoms with van der Waals surface area (Å²) < 4.78 is 5.24. The Hall–Kier alpha value is -1.59. The molecule has 1 aromatic carbocycles. The van der Waals surface area contributed by atoms with Crippen molar-refractivity contribution in [3.05, 3.63) is 29.8 Å². The molecular formula is C15H22N2O3. The maximum atomic E-state index is 11.2. The Balaban J connectivity index is 2.19. The smallest absolute Gasteiger partial charge is 0.305 e. The lowest BCUT2D eigenvalue weighted by atomic mass is 10.0. The first kappa shape index (κ1) is 14.8. The van der Waals surface area contributed by atoms with Crippen LogP contribution in [0, 0.1) is 0 Å². The molecule has 0 saturated carbocycles. The van der Waals surface area contributed by atoms with Crippen LogP contribution >= 0.6 is 0 Å². The summed E-state index contributed by atoms with van der Waals surface area (Å²) in [7, 11) is 3.72. The fourth-order valence-corrected chi connectivity index (χ4v) is 2.61. The van der Waals surface area contributed by atoms with E-state index in [1.807, 2.05) is 24.3 Å². The number of carbonyl (C=O) groups is 1. The number of hydrogen-bond donors (Lipinski definition) is 1. The highest BCUT2D eigenvalue weighted by Gasteiger charge is 2.26. The van der Waals surface area contributed by atoms with Gasteiger partial charge in [0.15, 0.2) is 0 Å². The van der Waals surface area contributed by atoms with E-state index >= 15 is 0 Å². The number of aliphatic carboxylic acids is 1. The summed E-state index contributed by atoms with van der Waals surface area (Å²) in [5, 5.41) is 9.19. The van der Waals surface area contributed by atoms with Crippen LogP contribution in [-0.4, -0.2) is 61.2 Å². The van der Waals surface area contributed by atoms with Crippen molar-refractivity contribution in [2.24, 2.45) is 0 Å². The van der Waals surface area contributed by atoms with Crippen LogP contribution in [-0.2, 0) is 4.79 Å². The monoisotopic (exact) mass is 278 g/mol. The fourth-order valence-electron chi connectivity index (χ4n) is 2.61. The topological polar surface area (TPSA) is 53.0 Å². The highest BCUT2D eigenvalue weighted by molar-refractivity contribution is 5.68. The van der Waals surface area contributed by atoms with E-state index in [1.165, 1.54) is 0 Å². The molecule has 5 heteroatoms. The van der Waals surface area contributed by atoms with Crippen molar-refractivity contribution in [2.45, 2.75) is 12.5 Å². The molecule has 1 unspecified atom stereocenters. The van der Waals surface area contributed by atoms with Gasteiger partial charge in [0.05, 0.1) is 13.5 Å². The zero-order valence-corrected chi connectivity index (χ0v) is 12.1. The van der Waals surface area contributed by atoms with Crippen molar-refractivity contribution in [1.82, 2.24) is 9.80 Å². The third-order valence-electron chi connectivity index (χ3n) is 3.83. The lowest BCUT2D eigenvalue weighted by Crippen LogP contribution is -2.46. The van der Waals surface area contributed by atoms with Gasteiger partial charge in [-0.15, -0.1) is 0 Å². The van der Waals surface area contributed by atoms with E-state index in [0.29, 0.717) is 0 Å². The molecule has 1 fully saturated rings. The van der Waals surface area contributed by atoms with Gasteiger partial charge < -0.3 is 14.7 Å². The van der Waals surface area contributed by atoms with E-state index < -0.39 is 5.97 Å². The van der Waals surface area contributed by atoms with E-state index in [1.54, 1.807) is 7.11 Å². The summed E-state index contributed by atoms with van der Waals surface area (Å²) in [6.07, 6.45) is 0.122. The van der Waals surface area contributed by atoms with Crippen molar-refractivity contribution >= 4 is 5.97 Å². The van der Waals surface area contributed by atoms with Gasteiger partial charge in [-0.1, -0.05) is 12.1 Å². The van der Waals surface area contributed by atoms with E-state index in [4.69, 9.17) is 4.74 Å². The Kier molecular flexibility index (Phi) is 4.98. The molecule has 5 nitrogen and oxygen atoms in total. The molecule has 1 atom stereocenters. The zero-order valence-electron chi connectivity index (χ0n) is 12.1. The summed E-state index contributed by atoms with van der Waals surface area (Å²) in [6.45, 7) is 3.73. The van der Waals surface area contributed by atoms with Crippen molar-refractivity contribution in [3.63, 3.8) is 0 Å². The van der Waals surface area contributed by atoms with Crippen molar-refractivity contribution in [2.75, 3.05) is 40.3 Å². The minimum atomic E-state index is -0.767. The van der Waals surface area contributed by atoms with Gasteiger partial charge in [-0.3, -0.25) is 9.69 Å². The normalized spacial score (nSPS) is 18.7. The van der Waals surface area contributed by atoms with Gasteiger partial charge >= 0.3 is 5.97 Å². The van der Waals surface area contributed by atoms with Crippen LogP contribution < -0.4 is 4.74 Å². The molecule has 1 aromatic rings. The first-order valence-corrected chi connectivity index (χ1v) is 6.88. The number of carboxylic acid groups (broad SMARTS) is 1. The number of nitrogens with zero attached hydrogens (tertiary/aromatic N) is 2. The largest absolute Gasteiger partial charge is 0.497 e. The van der Waals surface area contributed by atoms with Gasteiger partial charge in [-0.2, -0.15) is 0 Å². The number of likely N-dealkylation sites (N-methyl/N-ethyl adjacent to an activating group) is 1. The van der Waals surface area contributed by atoms with Crippen molar-refractivity contribution in [3.8, 4) is 5.75 Å². The lowest BCUT2D eigenvalue weighted by molar-refractivity contribution is -0.138. The van der Waals surface area contributed by atoms with E-state index in [0.717, 1.165) is 37.5 Å². The number of piperazine rings is 1. The van der Waals surface area contributed by atoms with Crippen LogP contribution in [0.2, 0.25) is 0 Å². The predicted octanol–water partition coefficient (Wildman–Crippen LogP) is 1.46. The molecule has 0 amide bonds. The highest BCUT2D eigenvalue weighted by atomic mass is 16.5. The van der Waals surface area contributed by atoms with E-state index in [-0.39, 0.29) is 12.5 Å². The lowest BCUT2D eigenvalue weighted by Gasteiger charge is -2.37. The maximum Gasteiger partial charge on any atom is 0.305 e. The SMILES string of the molecule is COc1cccc(C(CC(=O)O)N2CCN(C)CC2)c1. The molecule has 0 radical (unpaired) electrons. The Labute approximate surface area is 119 Å². The van der Waals surface area contributed by atoms with Crippen LogP contribution in [0.1, 0.15) is 18.0 Å². The molecule has 0 spiro atoms. The second kappa shape index (κ2) is 6.72. The number of benzene rings is 1. The summed E-state index contributed by atoms with van der Waals surface area (Å²) in [5.74, 6) is 0.00349. The Bertz CT molecular complexity index is 456. The summed E-state index contributed by atoms with van der Waals surface area (Å²) in [5.41, 5.74) is 1.01. The summed E-state index contributed by atoms with van der Waals surface area (Å²) in [4.78, 5) is 15.7. The molecular weight excluding hydrogens is 256 g/mol. The second-order valence-electron chi connectivity index (χ2n) is 5.23. The molecule has 0 aromatic heterocycles. The molecule has 0 bridgehead atoms. The number of methoxy groups -OCH3 is 1. The van der Waals surface area contributed by atoms with Gasteiger partial charge in [-0.05, 0) is 24.7 Å². The van der Waals surface area contributed by atoms with E-state index in [2.05, 4.69) is 16.8 Å². The molecule has 1 aliphatic heterocycles. The van der Waals surface area contributed by atoms with Gasteiger partial charge in [-0.25, -0.2) is 0 Å². The van der Waals surface area contributed by atoms with Crippen molar-refractivity contribution in [1.29, 1.82) is 0 Å². The minimum Gasteiger partial charge on any atom is -0.497 e. The average molecular weight is 278 g/mol. The highest BCUT2D eigenvalue weighted by Crippen LogP contribution is 2.28. The molecule has 0 aliphatic carbocycles. The molecule has 1 aliphatic rings. The van der Waals surface area contributed by atoms with Crippen LogP contribution in [0.4, 0.5) is 0 Å². The third-order valence-corrected chi connectivity index (χ3v) is 3.83. The minimum absolute atomic E-state index is 0.0868. The van der Waals surface area contributed by atoms with Gasteiger partial charge in [0.1, 0.15) is 5.75 Å². The number of carboxylic acids is 1. The van der Waals surface area contributed by atoms with Crippen LogP contribution in [0.25, 0.3) is 0 Å². The summed E-state index contributed by atoms with van der Waals surface area (Å²) >= 11 is 0. The molecule has 1 saturated heterocycles. The van der Waals surface area contributed by atoms with Crippen LogP contribution in [0.15, 0.2) is 24.3 Å². The molecule has 20 heavy (non-hydrogen) atoms. The quantitative estimate of drug-likeness (QED) is 0.883. The third kappa shape index (κ3) is 3.71. The van der Waals surface area contributed by atoms with Crippen LogP contribution in [0.3, 0.4) is 0 Å². The standard InChI is InChI=1S/C15H22N2O3/c1-16-6-8-17(9-7-16)14(11-15(18)19)12-4-3-5-13(10-12)20-2/h3-5,10,14H,6-9,11H2,1-2H3,(H,18,19). The number of hydrogen-bond acceptors (Lipinski definition) is 4. The Morgan fingerprint density at radius 3 is 2.65 bits per heavy atom. The fraction of sp³-hybridized carbons (Fsp3) is 0.533. The van der Waals surface area contributed by atoms with Crippen molar-refractivity contribution < 1.29 is 14.6 Å². The molecule has 2 rings (SSSR count). The molecule has 1 N–H and O–H groups in total. The van der Waals surface area contributed by atoms with Gasteiger partial charge in [0, 0.05) is 32.2 Å². The zero-order chi connectivity index (χ0) is 14.5. The second-order valence-corrected chi connectivity index (χ2v) is 5.23. The predicted molar refractivity (Wildman–Crippen MR) is 77.1 cm³/mol. The first-order chi connectivity index (χ1) is 9.60. The summed E-state index contributed by atoms with van der Waals surface area (Å²) in [6, 6.07) is 7.63. The van der Waals surface area contributed by atoms with Gasteiger partial charge in [0.25, 0.3) is 0 Å². The number of rotatable bonds is 5. The Morgan fingerprint density at radius 1 is 1.35 bits per heavy atom. The molecule has 110 valence electrons. The Morgan fingerprint density at radius 2 is 2.05 bits per heavy atom. The van der Waals surface area contributed by atoms with Crippen LogP contribution in [0.5, 0.6) is 5.75 Å². The van der Waals surface area contributed by atoms with E-state index in [9.17, 15) is 9.90 Å². The molecule has 1 heterocycles. The number of ether oxygens (including phenoxy) is 1. The average Bonchev–Trinajstić information content (AvgIpc) is 2.46. The van der Waals surface area contributed by atoms with Gasteiger partial charge in [0.2, 0.25) is 0 Å². The maximum absolute atomic E-state index is 11.2. The first-order valence-electron chi connectivity index (χ1n) is 6.88.